The molecule has 3 aromatic rings. The molecule has 0 radical (unpaired) electrons. The number of rotatable bonds is 5. The first-order chi connectivity index (χ1) is 12.0. The molecule has 0 saturated carbocycles. The number of amides is 1. The van der Waals surface area contributed by atoms with Gasteiger partial charge in [-0.1, -0.05) is 35.5 Å². The van der Waals surface area contributed by atoms with Crippen LogP contribution in [-0.2, 0) is 6.54 Å². The van der Waals surface area contributed by atoms with Crippen molar-refractivity contribution in [3.63, 3.8) is 0 Å². The Morgan fingerprint density at radius 1 is 1.16 bits per heavy atom. The maximum absolute atomic E-state index is 13.3. The summed E-state index contributed by atoms with van der Waals surface area (Å²) >= 11 is 0. The van der Waals surface area contributed by atoms with E-state index in [0.717, 1.165) is 5.56 Å². The molecular weight excluding hydrogens is 321 g/mol. The Kier molecular flexibility index (Phi) is 4.90. The first-order valence-corrected chi connectivity index (χ1v) is 7.79. The van der Waals surface area contributed by atoms with E-state index < -0.39 is 5.91 Å². The molecule has 0 bridgehead atoms. The highest BCUT2D eigenvalue weighted by Crippen LogP contribution is 2.22. The van der Waals surface area contributed by atoms with Gasteiger partial charge in [-0.25, -0.2) is 4.39 Å². The van der Waals surface area contributed by atoms with Crippen LogP contribution in [0.15, 0.2) is 59.1 Å². The van der Waals surface area contributed by atoms with Crippen molar-refractivity contribution in [2.45, 2.75) is 6.54 Å². The van der Waals surface area contributed by atoms with E-state index in [9.17, 15) is 9.18 Å². The average molecular weight is 339 g/mol. The maximum atomic E-state index is 13.3. The number of carbonyl (C=O) groups is 1. The molecule has 1 heterocycles. The Bertz CT molecular complexity index is 890. The van der Waals surface area contributed by atoms with Crippen LogP contribution in [0.2, 0.25) is 0 Å². The molecule has 0 aliphatic carbocycles. The summed E-state index contributed by atoms with van der Waals surface area (Å²) in [5.41, 5.74) is 2.66. The Balaban J connectivity index is 1.79. The molecule has 0 spiro atoms. The summed E-state index contributed by atoms with van der Waals surface area (Å²) in [4.78, 5) is 14.4. The van der Waals surface area contributed by atoms with Crippen LogP contribution in [0.1, 0.15) is 16.1 Å². The fourth-order valence-electron chi connectivity index (χ4n) is 2.47. The van der Waals surface area contributed by atoms with Gasteiger partial charge in [0.05, 0.1) is 0 Å². The van der Waals surface area contributed by atoms with E-state index in [4.69, 9.17) is 4.52 Å². The zero-order valence-corrected chi connectivity index (χ0v) is 14.0. The van der Waals surface area contributed by atoms with Crippen LogP contribution < -0.4 is 5.32 Å². The predicted octanol–water partition coefficient (Wildman–Crippen LogP) is 3.79. The summed E-state index contributed by atoms with van der Waals surface area (Å²) in [6, 6.07) is 15.0. The van der Waals surface area contributed by atoms with Crippen LogP contribution in [0.4, 0.5) is 10.1 Å². The number of hydrogen-bond acceptors (Lipinski definition) is 4. The molecule has 5 nitrogen and oxygen atoms in total. The van der Waals surface area contributed by atoms with Crippen LogP contribution in [-0.4, -0.2) is 30.1 Å². The molecule has 1 aromatic heterocycles. The van der Waals surface area contributed by atoms with Crippen LogP contribution in [0, 0.1) is 5.82 Å². The van der Waals surface area contributed by atoms with Gasteiger partial charge >= 0.3 is 0 Å². The summed E-state index contributed by atoms with van der Waals surface area (Å²) in [5.74, 6) is -0.704. The van der Waals surface area contributed by atoms with Crippen LogP contribution in [0.3, 0.4) is 0 Å². The number of hydrogen-bond donors (Lipinski definition) is 1. The average Bonchev–Trinajstić information content (AvgIpc) is 3.06. The van der Waals surface area contributed by atoms with Crippen molar-refractivity contribution < 1.29 is 13.7 Å². The molecule has 0 fully saturated rings. The van der Waals surface area contributed by atoms with Crippen molar-refractivity contribution in [2.75, 3.05) is 19.4 Å². The Morgan fingerprint density at radius 3 is 2.72 bits per heavy atom. The minimum absolute atomic E-state index is 0.0684. The van der Waals surface area contributed by atoms with Crippen LogP contribution >= 0.6 is 0 Å². The molecule has 0 unspecified atom stereocenters. The lowest BCUT2D eigenvalue weighted by Crippen LogP contribution is -2.16. The second-order valence-electron chi connectivity index (χ2n) is 5.94. The topological polar surface area (TPSA) is 58.4 Å². The number of halogens is 1. The van der Waals surface area contributed by atoms with Gasteiger partial charge < -0.3 is 14.7 Å². The molecule has 0 aliphatic rings. The lowest BCUT2D eigenvalue weighted by molar-refractivity contribution is 0.0988. The smallest absolute Gasteiger partial charge is 0.294 e. The summed E-state index contributed by atoms with van der Waals surface area (Å²) in [5, 5.41) is 6.69. The van der Waals surface area contributed by atoms with Gasteiger partial charge in [-0.3, -0.25) is 4.79 Å². The molecule has 0 aliphatic heterocycles. The van der Waals surface area contributed by atoms with Gasteiger partial charge in [-0.2, -0.15) is 0 Å². The first kappa shape index (κ1) is 16.9. The highest BCUT2D eigenvalue weighted by molar-refractivity contribution is 6.03. The van der Waals surface area contributed by atoms with E-state index in [1.165, 1.54) is 18.2 Å². The van der Waals surface area contributed by atoms with Gasteiger partial charge in [-0.15, -0.1) is 0 Å². The van der Waals surface area contributed by atoms with E-state index in [2.05, 4.69) is 10.5 Å². The van der Waals surface area contributed by atoms with Crippen LogP contribution in [0.5, 0.6) is 0 Å². The minimum atomic E-state index is -0.402. The van der Waals surface area contributed by atoms with Gasteiger partial charge in [0.25, 0.3) is 5.91 Å². The Morgan fingerprint density at radius 2 is 1.96 bits per heavy atom. The maximum Gasteiger partial charge on any atom is 0.294 e. The largest absolute Gasteiger partial charge is 0.350 e. The SMILES string of the molecule is CN(C)Cc1ccccc1NC(=O)c1cc(-c2cccc(F)c2)no1. The lowest BCUT2D eigenvalue weighted by Gasteiger charge is -2.14. The normalized spacial score (nSPS) is 10.9. The standard InChI is InChI=1S/C19H18FN3O2/c1-23(2)12-14-6-3-4-9-16(14)21-19(24)18-11-17(22-25-18)13-7-5-8-15(20)10-13/h3-11H,12H2,1-2H3,(H,21,24). The molecule has 25 heavy (non-hydrogen) atoms. The van der Waals surface area contributed by atoms with Gasteiger partial charge in [0, 0.05) is 23.9 Å². The van der Waals surface area contributed by atoms with E-state index in [0.29, 0.717) is 23.5 Å². The summed E-state index contributed by atoms with van der Waals surface area (Å²) in [7, 11) is 3.92. The Hall–Kier alpha value is -2.99. The molecule has 0 atom stereocenters. The zero-order chi connectivity index (χ0) is 17.8. The monoisotopic (exact) mass is 339 g/mol. The second-order valence-corrected chi connectivity index (χ2v) is 5.94. The van der Waals surface area contributed by atoms with Crippen molar-refractivity contribution in [3.05, 3.63) is 71.7 Å². The van der Waals surface area contributed by atoms with E-state index in [1.54, 1.807) is 12.1 Å². The van der Waals surface area contributed by atoms with Crippen molar-refractivity contribution >= 4 is 11.6 Å². The number of benzene rings is 2. The zero-order valence-electron chi connectivity index (χ0n) is 14.0. The molecule has 128 valence electrons. The number of carbonyl (C=O) groups excluding carboxylic acids is 1. The Labute approximate surface area is 145 Å². The fourth-order valence-corrected chi connectivity index (χ4v) is 2.47. The van der Waals surface area contributed by atoms with Gasteiger partial charge in [0.15, 0.2) is 0 Å². The highest BCUT2D eigenvalue weighted by Gasteiger charge is 2.16. The third-order valence-electron chi connectivity index (χ3n) is 3.61. The third kappa shape index (κ3) is 4.10. The number of anilines is 1. The third-order valence-corrected chi connectivity index (χ3v) is 3.61. The number of aromatic nitrogens is 1. The molecule has 6 heteroatoms. The molecule has 1 N–H and O–H groups in total. The van der Waals surface area contributed by atoms with Crippen molar-refractivity contribution in [2.24, 2.45) is 0 Å². The van der Waals surface area contributed by atoms with Crippen LogP contribution in [0.25, 0.3) is 11.3 Å². The number of para-hydroxylation sites is 1. The van der Waals surface area contributed by atoms with E-state index in [-0.39, 0.29) is 11.6 Å². The summed E-state index contributed by atoms with van der Waals surface area (Å²) in [6.07, 6.45) is 0. The van der Waals surface area contributed by atoms with E-state index in [1.807, 2.05) is 43.3 Å². The van der Waals surface area contributed by atoms with Gasteiger partial charge in [-0.05, 0) is 37.9 Å². The quantitative estimate of drug-likeness (QED) is 0.768. The molecular formula is C19H18FN3O2. The lowest BCUT2D eigenvalue weighted by atomic mass is 10.1. The van der Waals surface area contributed by atoms with E-state index >= 15 is 0 Å². The summed E-state index contributed by atoms with van der Waals surface area (Å²) in [6.45, 7) is 0.696. The highest BCUT2D eigenvalue weighted by atomic mass is 19.1. The van der Waals surface area contributed by atoms with Crippen molar-refractivity contribution in [3.8, 4) is 11.3 Å². The second kappa shape index (κ2) is 7.27. The molecule has 0 saturated heterocycles. The first-order valence-electron chi connectivity index (χ1n) is 7.79. The minimum Gasteiger partial charge on any atom is -0.350 e. The van der Waals surface area contributed by atoms with Crippen molar-refractivity contribution in [1.82, 2.24) is 10.1 Å². The number of nitrogens with zero attached hydrogens (tertiary/aromatic N) is 2. The molecule has 2 aromatic carbocycles. The number of nitrogens with one attached hydrogen (secondary N) is 1. The molecule has 1 amide bonds. The van der Waals surface area contributed by atoms with Gasteiger partial charge in [0.2, 0.25) is 5.76 Å². The summed E-state index contributed by atoms with van der Waals surface area (Å²) < 4.78 is 18.4. The van der Waals surface area contributed by atoms with Crippen molar-refractivity contribution in [1.29, 1.82) is 0 Å². The van der Waals surface area contributed by atoms with Gasteiger partial charge in [0.1, 0.15) is 11.5 Å². The molecule has 3 rings (SSSR count). The predicted molar refractivity (Wildman–Crippen MR) is 93.7 cm³/mol. The fraction of sp³-hybridized carbons (Fsp3) is 0.158.